The summed E-state index contributed by atoms with van der Waals surface area (Å²) in [6.45, 7) is 9.86. The van der Waals surface area contributed by atoms with Gasteiger partial charge in [0.05, 0.1) is 30.5 Å². The molecule has 1 saturated carbocycles. The fourth-order valence-electron chi connectivity index (χ4n) is 5.54. The Morgan fingerprint density at radius 3 is 2.67 bits per heavy atom. The van der Waals surface area contributed by atoms with E-state index in [2.05, 4.69) is 25.2 Å². The summed E-state index contributed by atoms with van der Waals surface area (Å²) in [5.74, 6) is 0.558. The molecule has 0 radical (unpaired) electrons. The molecule has 2 aliphatic rings. The summed E-state index contributed by atoms with van der Waals surface area (Å²) in [7, 11) is 0. The van der Waals surface area contributed by atoms with Gasteiger partial charge in [-0.3, -0.25) is 14.3 Å². The molecule has 1 unspecified atom stereocenters. The molecule has 1 aliphatic carbocycles. The van der Waals surface area contributed by atoms with Gasteiger partial charge >= 0.3 is 6.09 Å². The van der Waals surface area contributed by atoms with Crippen LogP contribution in [0.1, 0.15) is 59.5 Å². The average Bonchev–Trinajstić information content (AvgIpc) is 3.41. The number of hydrogen-bond acceptors (Lipinski definition) is 8. The van der Waals surface area contributed by atoms with E-state index in [4.69, 9.17) is 4.74 Å². The van der Waals surface area contributed by atoms with Gasteiger partial charge in [0, 0.05) is 61.7 Å². The lowest BCUT2D eigenvalue weighted by Gasteiger charge is -2.40. The molecule has 0 N–H and O–H groups in total. The van der Waals surface area contributed by atoms with Crippen LogP contribution in [0, 0.1) is 5.92 Å². The number of anilines is 1. The maximum Gasteiger partial charge on any atom is 0.410 e. The molecule has 12 nitrogen and oxygen atoms in total. The molecule has 5 heterocycles. The van der Waals surface area contributed by atoms with Crippen LogP contribution < -0.4 is 10.5 Å². The number of imidazole rings is 1. The van der Waals surface area contributed by atoms with Crippen LogP contribution in [0.25, 0.3) is 16.9 Å². The van der Waals surface area contributed by atoms with Crippen molar-refractivity contribution in [1.82, 2.24) is 39.0 Å². The van der Waals surface area contributed by atoms with E-state index in [0.717, 1.165) is 55.7 Å². The van der Waals surface area contributed by atoms with Gasteiger partial charge < -0.3 is 19.1 Å². The average molecular weight is 586 g/mol. The van der Waals surface area contributed by atoms with Crippen molar-refractivity contribution in [3.63, 3.8) is 0 Å². The third kappa shape index (κ3) is 6.63. The molecule has 4 aromatic rings. The van der Waals surface area contributed by atoms with Gasteiger partial charge in [0.1, 0.15) is 17.5 Å². The molecule has 1 aliphatic heterocycles. The number of pyridine rings is 2. The summed E-state index contributed by atoms with van der Waals surface area (Å²) in [6.07, 6.45) is 16.0. The highest BCUT2D eigenvalue weighted by Crippen LogP contribution is 2.33. The molecule has 2 fully saturated rings. The standard InChI is InChI=1S/C31H39N9O3/c1-22(40-20-28(34-35-40)24-14-27(17-33-16-24)37-13-10-32-21-37)38-12-9-25(15-29(38)41)36-11-5-6-26(19-36)39(18-23-7-8-23)30(42)43-31(2,3)4/h9-10,12-17,20-23,26H,5-8,11,18-19H2,1-4H3/t22?,26-/m1/s1. The van der Waals surface area contributed by atoms with Crippen molar-refractivity contribution in [2.45, 2.75) is 71.2 Å². The van der Waals surface area contributed by atoms with E-state index < -0.39 is 5.60 Å². The third-order valence-electron chi connectivity index (χ3n) is 8.03. The molecule has 4 aromatic heterocycles. The predicted octanol–water partition coefficient (Wildman–Crippen LogP) is 4.37. The van der Waals surface area contributed by atoms with Crippen molar-refractivity contribution in [2.24, 2.45) is 5.92 Å². The third-order valence-corrected chi connectivity index (χ3v) is 8.03. The number of carbonyl (C=O) groups is 1. The topological polar surface area (TPSA) is 116 Å². The Bertz CT molecular complexity index is 1620. The Balaban J connectivity index is 1.16. The Labute approximate surface area is 250 Å². The first-order valence-corrected chi connectivity index (χ1v) is 15.0. The van der Waals surface area contributed by atoms with Crippen molar-refractivity contribution in [3.05, 3.63) is 72.1 Å². The van der Waals surface area contributed by atoms with E-state index in [1.165, 1.54) is 0 Å². The van der Waals surface area contributed by atoms with Crippen LogP contribution in [-0.4, -0.2) is 76.4 Å². The monoisotopic (exact) mass is 585 g/mol. The Kier molecular flexibility index (Phi) is 7.76. The molecule has 6 rings (SSSR count). The normalized spacial score (nSPS) is 18.0. The summed E-state index contributed by atoms with van der Waals surface area (Å²) in [4.78, 5) is 39.1. The number of aromatic nitrogens is 7. The molecule has 226 valence electrons. The van der Waals surface area contributed by atoms with Crippen LogP contribution in [0.15, 0.2) is 66.5 Å². The number of amides is 1. The molecular weight excluding hydrogens is 546 g/mol. The van der Waals surface area contributed by atoms with Gasteiger partial charge in [-0.1, -0.05) is 5.21 Å². The van der Waals surface area contributed by atoms with Gasteiger partial charge in [-0.15, -0.1) is 5.10 Å². The first-order valence-electron chi connectivity index (χ1n) is 15.0. The largest absolute Gasteiger partial charge is 0.444 e. The quantitative estimate of drug-likeness (QED) is 0.299. The zero-order chi connectivity index (χ0) is 30.1. The second-order valence-corrected chi connectivity index (χ2v) is 12.6. The van der Waals surface area contributed by atoms with Crippen molar-refractivity contribution in [2.75, 3.05) is 24.5 Å². The lowest BCUT2D eigenvalue weighted by atomic mass is 10.0. The minimum atomic E-state index is -0.541. The SMILES string of the molecule is CC(n1cc(-c2cncc(-n3ccnc3)c2)nn1)n1ccc(N2CCC[C@@H](N(CC3CC3)C(=O)OC(C)(C)C)C2)cc1=O. The number of carbonyl (C=O) groups excluding carboxylic acids is 1. The maximum atomic E-state index is 13.4. The highest BCUT2D eigenvalue weighted by Gasteiger charge is 2.36. The summed E-state index contributed by atoms with van der Waals surface area (Å²) < 4.78 is 11.0. The molecule has 1 amide bonds. The number of nitrogens with zero attached hydrogens (tertiary/aromatic N) is 9. The minimum Gasteiger partial charge on any atom is -0.444 e. The molecular formula is C31H39N9O3. The fraction of sp³-hybridized carbons (Fsp3) is 0.484. The number of piperidine rings is 1. The maximum absolute atomic E-state index is 13.4. The van der Waals surface area contributed by atoms with Crippen molar-refractivity contribution >= 4 is 11.8 Å². The van der Waals surface area contributed by atoms with Gasteiger partial charge in [-0.2, -0.15) is 0 Å². The number of rotatable bonds is 8. The van der Waals surface area contributed by atoms with E-state index in [9.17, 15) is 9.59 Å². The van der Waals surface area contributed by atoms with Crippen molar-refractivity contribution in [3.8, 4) is 16.9 Å². The molecule has 0 spiro atoms. The zero-order valence-electron chi connectivity index (χ0n) is 25.2. The highest BCUT2D eigenvalue weighted by atomic mass is 16.6. The summed E-state index contributed by atoms with van der Waals surface area (Å²) >= 11 is 0. The number of hydrogen-bond donors (Lipinski definition) is 0. The van der Waals surface area contributed by atoms with E-state index in [1.54, 1.807) is 40.2 Å². The molecule has 0 bridgehead atoms. The Hall–Kier alpha value is -4.48. The van der Waals surface area contributed by atoms with Gasteiger partial charge in [0.2, 0.25) is 0 Å². The zero-order valence-corrected chi connectivity index (χ0v) is 25.2. The number of ether oxygens (including phenoxy) is 1. The van der Waals surface area contributed by atoms with E-state index in [-0.39, 0.29) is 23.9 Å². The van der Waals surface area contributed by atoms with Crippen LogP contribution in [0.4, 0.5) is 10.5 Å². The van der Waals surface area contributed by atoms with Crippen LogP contribution >= 0.6 is 0 Å². The van der Waals surface area contributed by atoms with Gasteiger partial charge in [0.15, 0.2) is 0 Å². The van der Waals surface area contributed by atoms with Crippen LogP contribution in [0.2, 0.25) is 0 Å². The van der Waals surface area contributed by atoms with Crippen molar-refractivity contribution < 1.29 is 9.53 Å². The van der Waals surface area contributed by atoms with Gasteiger partial charge in [-0.05, 0) is 71.4 Å². The summed E-state index contributed by atoms with van der Waals surface area (Å²) in [5.41, 5.74) is 2.53. The first kappa shape index (κ1) is 28.6. The van der Waals surface area contributed by atoms with E-state index >= 15 is 0 Å². The second-order valence-electron chi connectivity index (χ2n) is 12.6. The smallest absolute Gasteiger partial charge is 0.410 e. The predicted molar refractivity (Wildman–Crippen MR) is 162 cm³/mol. The first-order chi connectivity index (χ1) is 20.6. The molecule has 12 heteroatoms. The summed E-state index contributed by atoms with van der Waals surface area (Å²) in [5, 5.41) is 8.66. The lowest BCUT2D eigenvalue weighted by molar-refractivity contribution is 0.0134. The van der Waals surface area contributed by atoms with Gasteiger partial charge in [0.25, 0.3) is 5.56 Å². The van der Waals surface area contributed by atoms with Crippen LogP contribution in [-0.2, 0) is 4.74 Å². The fourth-order valence-corrected chi connectivity index (χ4v) is 5.54. The Morgan fingerprint density at radius 2 is 1.95 bits per heavy atom. The molecule has 1 saturated heterocycles. The molecule has 43 heavy (non-hydrogen) atoms. The van der Waals surface area contributed by atoms with Crippen LogP contribution in [0.3, 0.4) is 0 Å². The lowest BCUT2D eigenvalue weighted by Crippen LogP contribution is -2.52. The highest BCUT2D eigenvalue weighted by molar-refractivity contribution is 5.69. The second kappa shape index (κ2) is 11.7. The van der Waals surface area contributed by atoms with E-state index in [0.29, 0.717) is 18.2 Å². The minimum absolute atomic E-state index is 0.0425. The van der Waals surface area contributed by atoms with Crippen molar-refractivity contribution in [1.29, 1.82) is 0 Å². The van der Waals surface area contributed by atoms with E-state index in [1.807, 2.05) is 67.9 Å². The van der Waals surface area contributed by atoms with Crippen LogP contribution in [0.5, 0.6) is 0 Å². The molecule has 2 atom stereocenters. The molecule has 0 aromatic carbocycles. The summed E-state index contributed by atoms with van der Waals surface area (Å²) in [6, 6.07) is 5.65. The van der Waals surface area contributed by atoms with Gasteiger partial charge in [-0.25, -0.2) is 14.5 Å². The Morgan fingerprint density at radius 1 is 1.12 bits per heavy atom.